The lowest BCUT2D eigenvalue weighted by molar-refractivity contribution is 0.102. The van der Waals surface area contributed by atoms with Gasteiger partial charge in [-0.3, -0.25) is 9.59 Å². The van der Waals surface area contributed by atoms with Crippen LogP contribution in [0, 0.1) is 5.92 Å². The lowest BCUT2D eigenvalue weighted by atomic mass is 9.89. The SMILES string of the molecule is CCc1ccccc1NC(=O)c1c(O)c2c3c(sc2[nH]c1=O)CC(C)CC3. The van der Waals surface area contributed by atoms with Gasteiger partial charge in [-0.1, -0.05) is 32.0 Å². The molecule has 3 N–H and O–H groups in total. The van der Waals surface area contributed by atoms with Crippen LogP contribution in [-0.4, -0.2) is 16.0 Å². The average Bonchev–Trinajstić information content (AvgIpc) is 2.99. The summed E-state index contributed by atoms with van der Waals surface area (Å²) in [6, 6.07) is 7.47. The van der Waals surface area contributed by atoms with E-state index in [0.717, 1.165) is 36.8 Å². The number of aromatic nitrogens is 1. The fourth-order valence-electron chi connectivity index (χ4n) is 3.83. The number of benzene rings is 1. The number of carbonyl (C=O) groups is 1. The zero-order chi connectivity index (χ0) is 19.1. The molecule has 0 spiro atoms. The van der Waals surface area contributed by atoms with Gasteiger partial charge in [0.1, 0.15) is 16.1 Å². The molecule has 2 aromatic heterocycles. The molecule has 1 atom stereocenters. The second-order valence-corrected chi connectivity index (χ2v) is 8.30. The van der Waals surface area contributed by atoms with Crippen LogP contribution in [0.2, 0.25) is 0 Å². The Labute approximate surface area is 161 Å². The van der Waals surface area contributed by atoms with Crippen molar-refractivity contribution in [1.29, 1.82) is 0 Å². The maximum absolute atomic E-state index is 12.8. The van der Waals surface area contributed by atoms with Crippen molar-refractivity contribution >= 4 is 33.1 Å². The number of rotatable bonds is 3. The first-order valence-electron chi connectivity index (χ1n) is 9.28. The van der Waals surface area contributed by atoms with E-state index < -0.39 is 11.5 Å². The summed E-state index contributed by atoms with van der Waals surface area (Å²) in [6.07, 6.45) is 3.61. The summed E-state index contributed by atoms with van der Waals surface area (Å²) in [7, 11) is 0. The van der Waals surface area contributed by atoms with E-state index >= 15 is 0 Å². The van der Waals surface area contributed by atoms with Crippen molar-refractivity contribution in [2.75, 3.05) is 5.32 Å². The van der Waals surface area contributed by atoms with Crippen LogP contribution in [0.1, 0.15) is 46.6 Å². The van der Waals surface area contributed by atoms with Crippen LogP contribution in [0.5, 0.6) is 5.75 Å². The first-order chi connectivity index (χ1) is 13.0. The molecule has 0 radical (unpaired) electrons. The van der Waals surface area contributed by atoms with Crippen molar-refractivity contribution in [2.24, 2.45) is 5.92 Å². The van der Waals surface area contributed by atoms with Crippen molar-refractivity contribution in [2.45, 2.75) is 39.5 Å². The number of aryl methyl sites for hydroxylation is 2. The molecule has 1 aliphatic carbocycles. The summed E-state index contributed by atoms with van der Waals surface area (Å²) in [5, 5.41) is 14.3. The van der Waals surface area contributed by atoms with Crippen LogP contribution < -0.4 is 10.9 Å². The number of aromatic amines is 1. The van der Waals surface area contributed by atoms with Gasteiger partial charge in [0.15, 0.2) is 0 Å². The number of carbonyl (C=O) groups excluding carboxylic acids is 1. The molecule has 0 fully saturated rings. The van der Waals surface area contributed by atoms with Gasteiger partial charge in [0.05, 0.1) is 5.39 Å². The Bertz CT molecular complexity index is 1100. The minimum Gasteiger partial charge on any atom is -0.506 e. The minimum atomic E-state index is -0.583. The molecule has 1 aromatic carbocycles. The van der Waals surface area contributed by atoms with Gasteiger partial charge in [-0.25, -0.2) is 0 Å². The van der Waals surface area contributed by atoms with Crippen molar-refractivity contribution < 1.29 is 9.90 Å². The molecular weight excluding hydrogens is 360 g/mol. The van der Waals surface area contributed by atoms with Gasteiger partial charge in [-0.05, 0) is 48.8 Å². The van der Waals surface area contributed by atoms with Crippen molar-refractivity contribution in [3.63, 3.8) is 0 Å². The van der Waals surface area contributed by atoms with Gasteiger partial charge < -0.3 is 15.4 Å². The zero-order valence-electron chi connectivity index (χ0n) is 15.4. The highest BCUT2D eigenvalue weighted by Gasteiger charge is 2.27. The lowest BCUT2D eigenvalue weighted by Gasteiger charge is -2.18. The number of para-hydroxylation sites is 1. The minimum absolute atomic E-state index is 0.202. The van der Waals surface area contributed by atoms with Gasteiger partial charge in [0.2, 0.25) is 0 Å². The highest BCUT2D eigenvalue weighted by atomic mass is 32.1. The third-order valence-corrected chi connectivity index (χ3v) is 6.48. The van der Waals surface area contributed by atoms with Crippen LogP contribution >= 0.6 is 11.3 Å². The number of hydrogen-bond donors (Lipinski definition) is 3. The van der Waals surface area contributed by atoms with E-state index in [1.807, 2.05) is 25.1 Å². The van der Waals surface area contributed by atoms with Crippen LogP contribution in [0.3, 0.4) is 0 Å². The number of nitrogens with one attached hydrogen (secondary N) is 2. The molecule has 0 aliphatic heterocycles. The summed E-state index contributed by atoms with van der Waals surface area (Å²) in [6.45, 7) is 4.21. The average molecular weight is 382 g/mol. The molecule has 2 heterocycles. The number of H-pyrrole nitrogens is 1. The fraction of sp³-hybridized carbons (Fsp3) is 0.333. The molecule has 4 rings (SSSR count). The van der Waals surface area contributed by atoms with Gasteiger partial charge in [-0.15, -0.1) is 11.3 Å². The Kier molecular flexibility index (Phi) is 4.52. The zero-order valence-corrected chi connectivity index (χ0v) is 16.2. The normalized spacial score (nSPS) is 16.3. The summed E-state index contributed by atoms with van der Waals surface area (Å²) in [5.74, 6) is -0.194. The Morgan fingerprint density at radius 3 is 2.93 bits per heavy atom. The molecule has 3 aromatic rings. The second kappa shape index (κ2) is 6.85. The lowest BCUT2D eigenvalue weighted by Crippen LogP contribution is -2.23. The van der Waals surface area contributed by atoms with E-state index in [2.05, 4.69) is 17.2 Å². The third kappa shape index (κ3) is 3.04. The fourth-order valence-corrected chi connectivity index (χ4v) is 5.24. The van der Waals surface area contributed by atoms with Gasteiger partial charge >= 0.3 is 0 Å². The molecule has 1 aliphatic rings. The Hall–Kier alpha value is -2.60. The van der Waals surface area contributed by atoms with Gasteiger partial charge in [0, 0.05) is 10.6 Å². The molecular formula is C21H22N2O3S. The number of pyridine rings is 1. The molecule has 1 amide bonds. The van der Waals surface area contributed by atoms with Gasteiger partial charge in [-0.2, -0.15) is 0 Å². The Morgan fingerprint density at radius 1 is 1.37 bits per heavy atom. The number of amides is 1. The molecule has 140 valence electrons. The number of thiophene rings is 1. The van der Waals surface area contributed by atoms with E-state index in [1.165, 1.54) is 16.2 Å². The molecule has 5 nitrogen and oxygen atoms in total. The predicted molar refractivity (Wildman–Crippen MR) is 109 cm³/mol. The second-order valence-electron chi connectivity index (χ2n) is 7.20. The smallest absolute Gasteiger partial charge is 0.265 e. The molecule has 0 bridgehead atoms. The summed E-state index contributed by atoms with van der Waals surface area (Å²) in [5.41, 5.74) is 1.94. The number of fused-ring (bicyclic) bond motifs is 3. The van der Waals surface area contributed by atoms with Gasteiger partial charge in [0.25, 0.3) is 11.5 Å². The van der Waals surface area contributed by atoms with E-state index in [4.69, 9.17) is 0 Å². The number of anilines is 1. The summed E-state index contributed by atoms with van der Waals surface area (Å²) < 4.78 is 0. The maximum atomic E-state index is 12.8. The Balaban J connectivity index is 1.80. The molecule has 0 saturated heterocycles. The predicted octanol–water partition coefficient (Wildman–Crippen LogP) is 4.23. The van der Waals surface area contributed by atoms with Crippen molar-refractivity contribution in [3.05, 3.63) is 56.2 Å². The molecule has 27 heavy (non-hydrogen) atoms. The first-order valence-corrected chi connectivity index (χ1v) is 10.1. The topological polar surface area (TPSA) is 82.2 Å². The number of hydrogen-bond acceptors (Lipinski definition) is 4. The third-order valence-electron chi connectivity index (χ3n) is 5.31. The van der Waals surface area contributed by atoms with Crippen LogP contribution in [0.25, 0.3) is 10.2 Å². The number of aromatic hydroxyl groups is 1. The first kappa shape index (κ1) is 17.8. The highest BCUT2D eigenvalue weighted by molar-refractivity contribution is 7.18. The van der Waals surface area contributed by atoms with E-state index in [1.54, 1.807) is 6.07 Å². The van der Waals surface area contributed by atoms with E-state index in [0.29, 0.717) is 21.8 Å². The van der Waals surface area contributed by atoms with Crippen LogP contribution in [0.15, 0.2) is 29.1 Å². The van der Waals surface area contributed by atoms with E-state index in [-0.39, 0.29) is 11.3 Å². The van der Waals surface area contributed by atoms with Crippen molar-refractivity contribution in [1.82, 2.24) is 4.98 Å². The summed E-state index contributed by atoms with van der Waals surface area (Å²) in [4.78, 5) is 30.0. The van der Waals surface area contributed by atoms with Crippen LogP contribution in [-0.2, 0) is 19.3 Å². The molecule has 0 saturated carbocycles. The van der Waals surface area contributed by atoms with Crippen LogP contribution in [0.4, 0.5) is 5.69 Å². The highest BCUT2D eigenvalue weighted by Crippen LogP contribution is 2.41. The maximum Gasteiger partial charge on any atom is 0.265 e. The monoisotopic (exact) mass is 382 g/mol. The van der Waals surface area contributed by atoms with Crippen molar-refractivity contribution in [3.8, 4) is 5.75 Å². The standard InChI is InChI=1S/C21H22N2O3S/c1-3-12-6-4-5-7-14(12)22-19(25)17-18(24)16-13-9-8-11(2)10-15(13)27-21(16)23-20(17)26/h4-7,11H,3,8-10H2,1-2H3,(H,22,25)(H2,23,24,26). The Morgan fingerprint density at radius 2 is 2.15 bits per heavy atom. The summed E-state index contributed by atoms with van der Waals surface area (Å²) >= 11 is 1.52. The quantitative estimate of drug-likeness (QED) is 0.634. The molecule has 1 unspecified atom stereocenters. The van der Waals surface area contributed by atoms with E-state index in [9.17, 15) is 14.7 Å². The molecule has 6 heteroatoms. The largest absolute Gasteiger partial charge is 0.506 e.